The largest absolute Gasteiger partial charge is 0.469 e. The molecule has 18 heavy (non-hydrogen) atoms. The van der Waals surface area contributed by atoms with E-state index in [1.165, 1.54) is 0 Å². The highest BCUT2D eigenvalue weighted by Crippen LogP contribution is 2.40. The molecule has 5 N–H and O–H groups in total. The summed E-state index contributed by atoms with van der Waals surface area (Å²) in [6.45, 7) is 10.5. The highest BCUT2D eigenvalue weighted by atomic mass is 31.2. The smallest absolute Gasteiger partial charge is 0.344 e. The zero-order valence-electron chi connectivity index (χ0n) is 12.3. The minimum absolute atomic E-state index is 0. The first-order valence-electron chi connectivity index (χ1n) is 6.34. The van der Waals surface area contributed by atoms with Gasteiger partial charge in [0.15, 0.2) is 0 Å². The predicted molar refractivity (Wildman–Crippen MR) is 74.6 cm³/mol. The van der Waals surface area contributed by atoms with Crippen LogP contribution in [-0.4, -0.2) is 15.9 Å². The van der Waals surface area contributed by atoms with Gasteiger partial charge in [-0.05, 0) is 37.0 Å². The second-order valence-corrected chi connectivity index (χ2v) is 7.01. The zero-order valence-corrected chi connectivity index (χ0v) is 13.2. The van der Waals surface area contributed by atoms with Crippen LogP contribution in [-0.2, 0) is 9.09 Å². The molecule has 0 saturated carbocycles. The van der Waals surface area contributed by atoms with Crippen LogP contribution in [0.1, 0.15) is 53.9 Å². The third kappa shape index (κ3) is 12.5. The number of rotatable bonds is 8. The number of hydrogen-bond donors (Lipinski definition) is 3. The predicted octanol–water partition coefficient (Wildman–Crippen LogP) is 3.74. The van der Waals surface area contributed by atoms with E-state index in [9.17, 15) is 4.57 Å². The van der Waals surface area contributed by atoms with E-state index in [4.69, 9.17) is 14.3 Å². The van der Waals surface area contributed by atoms with Crippen molar-refractivity contribution in [2.24, 2.45) is 17.8 Å². The van der Waals surface area contributed by atoms with Crippen LogP contribution in [0.4, 0.5) is 0 Å². The molecule has 0 aromatic heterocycles. The standard InChI is InChI=1S/C12H27O4P.H3N/c1-9(2)6-11(5)8-12(7-10(3)4)16-17(13,14)15;/h9-12H,6-8H2,1-5H3,(H2,13,14,15);1H3. The van der Waals surface area contributed by atoms with Gasteiger partial charge in [-0.25, -0.2) is 4.57 Å². The molecule has 0 rings (SSSR count). The molecule has 0 aliphatic rings. The fraction of sp³-hybridized carbons (Fsp3) is 1.00. The van der Waals surface area contributed by atoms with Gasteiger partial charge in [0.05, 0.1) is 6.10 Å². The Labute approximate surface area is 111 Å². The summed E-state index contributed by atoms with van der Waals surface area (Å²) in [6.07, 6.45) is 2.11. The lowest BCUT2D eigenvalue weighted by atomic mass is 9.91. The van der Waals surface area contributed by atoms with Gasteiger partial charge in [-0.2, -0.15) is 0 Å². The van der Waals surface area contributed by atoms with Gasteiger partial charge in [-0.1, -0.05) is 34.6 Å². The van der Waals surface area contributed by atoms with Crippen LogP contribution < -0.4 is 6.15 Å². The van der Waals surface area contributed by atoms with E-state index in [0.717, 1.165) is 6.42 Å². The molecular weight excluding hydrogens is 253 g/mol. The summed E-state index contributed by atoms with van der Waals surface area (Å²) in [5.41, 5.74) is 0. The second kappa shape index (κ2) is 9.05. The first kappa shape index (κ1) is 20.4. The third-order valence-electron chi connectivity index (χ3n) is 2.56. The van der Waals surface area contributed by atoms with Crippen LogP contribution in [0, 0.1) is 17.8 Å². The number of phosphoric acid groups is 1. The highest BCUT2D eigenvalue weighted by Gasteiger charge is 2.24. The van der Waals surface area contributed by atoms with Gasteiger partial charge in [0, 0.05) is 0 Å². The van der Waals surface area contributed by atoms with Gasteiger partial charge in [-0.3, -0.25) is 4.52 Å². The fourth-order valence-corrected chi connectivity index (χ4v) is 2.81. The topological polar surface area (TPSA) is 102 Å². The maximum absolute atomic E-state index is 10.9. The molecule has 0 aromatic carbocycles. The van der Waals surface area contributed by atoms with Crippen molar-refractivity contribution in [1.29, 1.82) is 0 Å². The summed E-state index contributed by atoms with van der Waals surface area (Å²) in [5, 5.41) is 0. The Balaban J connectivity index is 0. The van der Waals surface area contributed by atoms with Crippen LogP contribution in [0.25, 0.3) is 0 Å². The first-order chi connectivity index (χ1) is 7.60. The summed E-state index contributed by atoms with van der Waals surface area (Å²) in [6, 6.07) is 0. The molecule has 112 valence electrons. The minimum atomic E-state index is -4.37. The van der Waals surface area contributed by atoms with Crippen molar-refractivity contribution in [3.05, 3.63) is 0 Å². The minimum Gasteiger partial charge on any atom is -0.344 e. The van der Waals surface area contributed by atoms with Crippen LogP contribution in [0.2, 0.25) is 0 Å². The summed E-state index contributed by atoms with van der Waals surface area (Å²) in [7, 11) is -4.37. The Morgan fingerprint density at radius 3 is 1.72 bits per heavy atom. The molecular formula is C12H30NO4P. The van der Waals surface area contributed by atoms with Crippen LogP contribution >= 0.6 is 7.82 Å². The maximum Gasteiger partial charge on any atom is 0.469 e. The summed E-state index contributed by atoms with van der Waals surface area (Å²) >= 11 is 0. The Hall–Kier alpha value is 0.0700. The molecule has 0 amide bonds. The maximum atomic E-state index is 10.9. The number of hydrogen-bond acceptors (Lipinski definition) is 3. The van der Waals surface area contributed by atoms with Gasteiger partial charge in [0.25, 0.3) is 0 Å². The molecule has 0 bridgehead atoms. The molecule has 0 aromatic rings. The SMILES string of the molecule is CC(C)CC(C)CC(CC(C)C)OP(=O)(O)O.N. The van der Waals surface area contributed by atoms with Gasteiger partial charge in [-0.15, -0.1) is 0 Å². The molecule has 0 aliphatic heterocycles. The normalized spacial score (nSPS) is 15.6. The third-order valence-corrected chi connectivity index (χ3v) is 3.13. The Morgan fingerprint density at radius 2 is 1.39 bits per heavy atom. The second-order valence-electron chi connectivity index (χ2n) is 5.82. The van der Waals surface area contributed by atoms with Crippen molar-refractivity contribution >= 4 is 7.82 Å². The highest BCUT2D eigenvalue weighted by molar-refractivity contribution is 7.46. The van der Waals surface area contributed by atoms with E-state index in [1.807, 2.05) is 13.8 Å². The van der Waals surface area contributed by atoms with Gasteiger partial charge < -0.3 is 15.9 Å². The monoisotopic (exact) mass is 283 g/mol. The van der Waals surface area contributed by atoms with Crippen molar-refractivity contribution in [1.82, 2.24) is 6.15 Å². The van der Waals surface area contributed by atoms with Crippen molar-refractivity contribution in [3.63, 3.8) is 0 Å². The molecule has 2 unspecified atom stereocenters. The molecule has 6 heteroatoms. The molecule has 0 radical (unpaired) electrons. The van der Waals surface area contributed by atoms with Gasteiger partial charge in [0.2, 0.25) is 0 Å². The summed E-state index contributed by atoms with van der Waals surface area (Å²) < 4.78 is 15.8. The molecule has 0 heterocycles. The molecule has 0 aliphatic carbocycles. The van der Waals surface area contributed by atoms with Crippen molar-refractivity contribution in [2.45, 2.75) is 60.0 Å². The molecule has 0 spiro atoms. The van der Waals surface area contributed by atoms with E-state index in [1.54, 1.807) is 0 Å². The van der Waals surface area contributed by atoms with E-state index >= 15 is 0 Å². The van der Waals surface area contributed by atoms with Gasteiger partial charge in [0.1, 0.15) is 0 Å². The lowest BCUT2D eigenvalue weighted by Gasteiger charge is -2.24. The summed E-state index contributed by atoms with van der Waals surface area (Å²) in [5.74, 6) is 1.39. The quantitative estimate of drug-likeness (QED) is 0.589. The Bertz CT molecular complexity index is 252. The van der Waals surface area contributed by atoms with Crippen LogP contribution in [0.5, 0.6) is 0 Å². The lowest BCUT2D eigenvalue weighted by molar-refractivity contribution is 0.0962. The zero-order chi connectivity index (χ0) is 13.6. The van der Waals surface area contributed by atoms with E-state index in [-0.39, 0.29) is 12.3 Å². The molecule has 5 nitrogen and oxygen atoms in total. The van der Waals surface area contributed by atoms with E-state index in [0.29, 0.717) is 30.6 Å². The number of phosphoric ester groups is 1. The van der Waals surface area contributed by atoms with E-state index in [2.05, 4.69) is 20.8 Å². The molecule has 0 fully saturated rings. The first-order valence-corrected chi connectivity index (χ1v) is 7.87. The van der Waals surface area contributed by atoms with Crippen LogP contribution in [0.3, 0.4) is 0 Å². The Kier molecular flexibility index (Phi) is 10.3. The van der Waals surface area contributed by atoms with Crippen molar-refractivity contribution < 1.29 is 18.9 Å². The van der Waals surface area contributed by atoms with Crippen molar-refractivity contribution in [3.8, 4) is 0 Å². The molecule has 0 saturated heterocycles. The molecule has 2 atom stereocenters. The van der Waals surface area contributed by atoms with Crippen molar-refractivity contribution in [2.75, 3.05) is 0 Å². The fourth-order valence-electron chi connectivity index (χ4n) is 2.25. The summed E-state index contributed by atoms with van der Waals surface area (Å²) in [4.78, 5) is 17.8. The average molecular weight is 283 g/mol. The van der Waals surface area contributed by atoms with Gasteiger partial charge >= 0.3 is 7.82 Å². The van der Waals surface area contributed by atoms with Crippen LogP contribution in [0.15, 0.2) is 0 Å². The Morgan fingerprint density at radius 1 is 0.944 bits per heavy atom. The van der Waals surface area contributed by atoms with E-state index < -0.39 is 7.82 Å². The average Bonchev–Trinajstić information content (AvgIpc) is 1.95. The lowest BCUT2D eigenvalue weighted by Crippen LogP contribution is -2.18.